The van der Waals surface area contributed by atoms with E-state index in [0.717, 1.165) is 64.6 Å². The Bertz CT molecular complexity index is 290. The normalized spacial score (nSPS) is 24.9. The van der Waals surface area contributed by atoms with Crippen LogP contribution in [0, 0.1) is 11.8 Å². The Morgan fingerprint density at radius 2 is 2.05 bits per heavy atom. The van der Waals surface area contributed by atoms with E-state index >= 15 is 0 Å². The van der Waals surface area contributed by atoms with Crippen molar-refractivity contribution in [3.63, 3.8) is 0 Å². The molecule has 1 atom stereocenters. The van der Waals surface area contributed by atoms with Crippen LogP contribution in [-0.2, 0) is 9.53 Å². The summed E-state index contributed by atoms with van der Waals surface area (Å²) in [6, 6.07) is 0. The number of likely N-dealkylation sites (tertiary alicyclic amines) is 1. The van der Waals surface area contributed by atoms with E-state index in [-0.39, 0.29) is 0 Å². The van der Waals surface area contributed by atoms with Gasteiger partial charge in [-0.3, -0.25) is 4.79 Å². The van der Waals surface area contributed by atoms with Crippen LogP contribution in [0.25, 0.3) is 0 Å². The predicted octanol–water partition coefficient (Wildman–Crippen LogP) is 2.04. The Morgan fingerprint density at radius 1 is 1.25 bits per heavy atom. The van der Waals surface area contributed by atoms with Gasteiger partial charge in [-0.15, -0.1) is 0 Å². The first kappa shape index (κ1) is 15.8. The van der Waals surface area contributed by atoms with Crippen LogP contribution in [0.15, 0.2) is 0 Å². The molecule has 0 radical (unpaired) electrons. The summed E-state index contributed by atoms with van der Waals surface area (Å²) in [7, 11) is 0. The first-order valence-electron chi connectivity index (χ1n) is 8.35. The average molecular weight is 282 g/mol. The van der Waals surface area contributed by atoms with Crippen molar-refractivity contribution in [3.8, 4) is 0 Å². The molecule has 2 heterocycles. The first-order chi connectivity index (χ1) is 9.79. The number of carbonyl (C=O) groups is 1. The smallest absolute Gasteiger partial charge is 0.222 e. The van der Waals surface area contributed by atoms with Gasteiger partial charge >= 0.3 is 0 Å². The number of piperidine rings is 2. The zero-order valence-electron chi connectivity index (χ0n) is 12.9. The molecular weight excluding hydrogens is 252 g/mol. The van der Waals surface area contributed by atoms with Crippen molar-refractivity contribution in [3.05, 3.63) is 0 Å². The van der Waals surface area contributed by atoms with Gasteiger partial charge in [-0.05, 0) is 64.0 Å². The molecule has 0 saturated carbocycles. The van der Waals surface area contributed by atoms with E-state index in [1.807, 2.05) is 6.92 Å². The van der Waals surface area contributed by atoms with Crippen LogP contribution in [0.5, 0.6) is 0 Å². The molecular formula is C16H30N2O2. The highest BCUT2D eigenvalue weighted by atomic mass is 16.5. The van der Waals surface area contributed by atoms with Crippen molar-refractivity contribution >= 4 is 5.91 Å². The van der Waals surface area contributed by atoms with Crippen LogP contribution in [0.4, 0.5) is 0 Å². The number of nitrogens with zero attached hydrogens (tertiary/aromatic N) is 1. The molecule has 1 N–H and O–H groups in total. The molecule has 0 aromatic rings. The number of nitrogens with one attached hydrogen (secondary N) is 1. The lowest BCUT2D eigenvalue weighted by molar-refractivity contribution is -0.133. The molecule has 0 aliphatic carbocycles. The molecule has 2 aliphatic rings. The molecule has 0 aromatic carbocycles. The molecule has 20 heavy (non-hydrogen) atoms. The standard InChI is InChI=1S/C16H30N2O2/c1-2-20-13-15-4-3-11-18(12-15)16(19)6-5-14-7-9-17-10-8-14/h14-15,17H,2-13H2,1H3. The maximum Gasteiger partial charge on any atom is 0.222 e. The van der Waals surface area contributed by atoms with E-state index in [9.17, 15) is 4.79 Å². The molecule has 4 nitrogen and oxygen atoms in total. The fraction of sp³-hybridized carbons (Fsp3) is 0.938. The van der Waals surface area contributed by atoms with Crippen LogP contribution in [0.1, 0.15) is 45.4 Å². The Kier molecular flexibility index (Phi) is 6.80. The molecule has 0 bridgehead atoms. The third-order valence-electron chi connectivity index (χ3n) is 4.65. The Balaban J connectivity index is 1.68. The van der Waals surface area contributed by atoms with Gasteiger partial charge in [0.05, 0.1) is 6.61 Å². The number of ether oxygens (including phenoxy) is 1. The summed E-state index contributed by atoms with van der Waals surface area (Å²) in [5, 5.41) is 3.38. The molecule has 116 valence electrons. The summed E-state index contributed by atoms with van der Waals surface area (Å²) in [5.41, 5.74) is 0. The van der Waals surface area contributed by atoms with Gasteiger partial charge in [0.15, 0.2) is 0 Å². The molecule has 2 saturated heterocycles. The van der Waals surface area contributed by atoms with Gasteiger partial charge < -0.3 is 15.0 Å². The van der Waals surface area contributed by atoms with Crippen molar-refractivity contribution in [2.45, 2.75) is 45.4 Å². The van der Waals surface area contributed by atoms with Crippen LogP contribution in [0.2, 0.25) is 0 Å². The van der Waals surface area contributed by atoms with Crippen molar-refractivity contribution in [1.29, 1.82) is 0 Å². The number of hydrogen-bond acceptors (Lipinski definition) is 3. The van der Waals surface area contributed by atoms with E-state index in [0.29, 0.717) is 11.8 Å². The summed E-state index contributed by atoms with van der Waals surface area (Å²) in [4.78, 5) is 14.4. The highest BCUT2D eigenvalue weighted by molar-refractivity contribution is 5.76. The molecule has 2 fully saturated rings. The lowest BCUT2D eigenvalue weighted by Crippen LogP contribution is -2.41. The monoisotopic (exact) mass is 282 g/mol. The summed E-state index contributed by atoms with van der Waals surface area (Å²) in [5.74, 6) is 1.67. The van der Waals surface area contributed by atoms with E-state index < -0.39 is 0 Å². The van der Waals surface area contributed by atoms with Gasteiger partial charge in [-0.1, -0.05) is 0 Å². The molecule has 0 aromatic heterocycles. The second kappa shape index (κ2) is 8.63. The maximum atomic E-state index is 12.3. The van der Waals surface area contributed by atoms with Crippen molar-refractivity contribution in [1.82, 2.24) is 10.2 Å². The molecule has 2 aliphatic heterocycles. The first-order valence-corrected chi connectivity index (χ1v) is 8.35. The molecule has 4 heteroatoms. The van der Waals surface area contributed by atoms with Gasteiger partial charge in [0.2, 0.25) is 5.91 Å². The number of rotatable bonds is 6. The van der Waals surface area contributed by atoms with E-state index in [2.05, 4.69) is 10.2 Å². The van der Waals surface area contributed by atoms with Gasteiger partial charge in [-0.2, -0.15) is 0 Å². The zero-order chi connectivity index (χ0) is 14.2. The summed E-state index contributed by atoms with van der Waals surface area (Å²) in [6.07, 6.45) is 6.63. The molecule has 2 rings (SSSR count). The minimum Gasteiger partial charge on any atom is -0.381 e. The maximum absolute atomic E-state index is 12.3. The second-order valence-electron chi connectivity index (χ2n) is 6.24. The highest BCUT2D eigenvalue weighted by Gasteiger charge is 2.24. The van der Waals surface area contributed by atoms with E-state index in [1.54, 1.807) is 0 Å². The van der Waals surface area contributed by atoms with E-state index in [4.69, 9.17) is 4.74 Å². The van der Waals surface area contributed by atoms with Crippen LogP contribution >= 0.6 is 0 Å². The fourth-order valence-corrected chi connectivity index (χ4v) is 3.37. The number of hydrogen-bond donors (Lipinski definition) is 1. The molecule has 1 amide bonds. The Hall–Kier alpha value is -0.610. The summed E-state index contributed by atoms with van der Waals surface area (Å²) < 4.78 is 5.51. The largest absolute Gasteiger partial charge is 0.381 e. The quantitative estimate of drug-likeness (QED) is 0.810. The predicted molar refractivity (Wildman–Crippen MR) is 80.6 cm³/mol. The second-order valence-corrected chi connectivity index (χ2v) is 6.24. The minimum absolute atomic E-state index is 0.365. The highest BCUT2D eigenvalue weighted by Crippen LogP contribution is 2.21. The van der Waals surface area contributed by atoms with E-state index in [1.165, 1.54) is 19.3 Å². The van der Waals surface area contributed by atoms with Gasteiger partial charge in [0, 0.05) is 26.1 Å². The van der Waals surface area contributed by atoms with Crippen LogP contribution in [0.3, 0.4) is 0 Å². The number of carbonyl (C=O) groups excluding carboxylic acids is 1. The molecule has 1 unspecified atom stereocenters. The lowest BCUT2D eigenvalue weighted by atomic mass is 9.92. The van der Waals surface area contributed by atoms with Gasteiger partial charge in [0.25, 0.3) is 0 Å². The van der Waals surface area contributed by atoms with Gasteiger partial charge in [-0.25, -0.2) is 0 Å². The van der Waals surface area contributed by atoms with Crippen molar-refractivity contribution in [2.24, 2.45) is 11.8 Å². The zero-order valence-corrected chi connectivity index (χ0v) is 12.9. The third kappa shape index (κ3) is 5.06. The Morgan fingerprint density at radius 3 is 2.80 bits per heavy atom. The lowest BCUT2D eigenvalue weighted by Gasteiger charge is -2.33. The van der Waals surface area contributed by atoms with Crippen molar-refractivity contribution in [2.75, 3.05) is 39.4 Å². The summed E-state index contributed by atoms with van der Waals surface area (Å²) >= 11 is 0. The van der Waals surface area contributed by atoms with Gasteiger partial charge in [0.1, 0.15) is 0 Å². The van der Waals surface area contributed by atoms with Crippen LogP contribution < -0.4 is 5.32 Å². The van der Waals surface area contributed by atoms with Crippen LogP contribution in [-0.4, -0.2) is 50.2 Å². The topological polar surface area (TPSA) is 41.6 Å². The van der Waals surface area contributed by atoms with Crippen molar-refractivity contribution < 1.29 is 9.53 Å². The third-order valence-corrected chi connectivity index (χ3v) is 4.65. The SMILES string of the molecule is CCOCC1CCCN(C(=O)CCC2CCNCC2)C1. The molecule has 0 spiro atoms. The fourth-order valence-electron chi connectivity index (χ4n) is 3.37. The Labute approximate surface area is 123 Å². The number of amides is 1. The average Bonchev–Trinajstić information content (AvgIpc) is 2.52. The minimum atomic E-state index is 0.365. The summed E-state index contributed by atoms with van der Waals surface area (Å²) in [6.45, 7) is 7.73.